The zero-order valence-corrected chi connectivity index (χ0v) is 22.8. The summed E-state index contributed by atoms with van der Waals surface area (Å²) in [6.07, 6.45) is 0. The van der Waals surface area contributed by atoms with Gasteiger partial charge in [0.1, 0.15) is 11.5 Å². The van der Waals surface area contributed by atoms with Gasteiger partial charge in [0.2, 0.25) is 0 Å². The molecule has 0 N–H and O–H groups in total. The van der Waals surface area contributed by atoms with Gasteiger partial charge in [-0.25, -0.2) is 4.98 Å². The van der Waals surface area contributed by atoms with Gasteiger partial charge in [0.25, 0.3) is 5.91 Å². The number of carbonyl (C=O) groups excluding carboxylic acids is 1. The van der Waals surface area contributed by atoms with Crippen molar-refractivity contribution in [2.24, 2.45) is 0 Å². The molecule has 194 valence electrons. The number of thiazole rings is 1. The number of carbonyl (C=O) groups is 1. The van der Waals surface area contributed by atoms with Crippen LogP contribution in [0, 0.1) is 0 Å². The van der Waals surface area contributed by atoms with Crippen LogP contribution in [0.15, 0.2) is 66.7 Å². The first-order chi connectivity index (χ1) is 18.6. The van der Waals surface area contributed by atoms with Crippen LogP contribution in [0.5, 0.6) is 11.5 Å². The van der Waals surface area contributed by atoms with Crippen LogP contribution in [0.3, 0.4) is 0 Å². The Kier molecular flexibility index (Phi) is 6.69. The first-order valence-electron chi connectivity index (χ1n) is 12.4. The number of rotatable bonds is 6. The molecule has 0 radical (unpaired) electrons. The molecule has 5 aromatic rings. The number of imidazole rings is 1. The Balaban J connectivity index is 1.31. The van der Waals surface area contributed by atoms with Gasteiger partial charge in [-0.1, -0.05) is 35.1 Å². The van der Waals surface area contributed by atoms with Crippen molar-refractivity contribution in [2.45, 2.75) is 6.54 Å². The third-order valence-electron chi connectivity index (χ3n) is 7.05. The van der Waals surface area contributed by atoms with Crippen molar-refractivity contribution in [2.75, 3.05) is 40.4 Å². The molecule has 3 aromatic carbocycles. The van der Waals surface area contributed by atoms with E-state index in [2.05, 4.69) is 33.6 Å². The number of piperazine rings is 1. The first-order valence-corrected chi connectivity index (χ1v) is 13.6. The fourth-order valence-corrected chi connectivity index (χ4v) is 6.28. The number of hydrogen-bond donors (Lipinski definition) is 0. The molecule has 0 saturated carbocycles. The Morgan fingerprint density at radius 1 is 0.947 bits per heavy atom. The SMILES string of the molecule is COc1ccc(-c2nc3sc4cc(OC)ccc4n3c2CN2CCN(C(=O)c3ccccc3Cl)CC2)cc1. The first kappa shape index (κ1) is 24.7. The minimum absolute atomic E-state index is 0.0151. The summed E-state index contributed by atoms with van der Waals surface area (Å²) in [7, 11) is 3.35. The zero-order valence-electron chi connectivity index (χ0n) is 21.2. The van der Waals surface area contributed by atoms with Gasteiger partial charge in [0.05, 0.1) is 46.4 Å². The molecule has 1 fully saturated rings. The minimum Gasteiger partial charge on any atom is -0.497 e. The number of benzene rings is 3. The Hall–Kier alpha value is -3.59. The molecule has 6 rings (SSSR count). The molecule has 7 nitrogen and oxygen atoms in total. The number of hydrogen-bond acceptors (Lipinski definition) is 6. The van der Waals surface area contributed by atoms with Gasteiger partial charge >= 0.3 is 0 Å². The Morgan fingerprint density at radius 3 is 2.37 bits per heavy atom. The van der Waals surface area contributed by atoms with Crippen LogP contribution in [0.4, 0.5) is 0 Å². The van der Waals surface area contributed by atoms with Crippen LogP contribution in [0.25, 0.3) is 26.4 Å². The summed E-state index contributed by atoms with van der Waals surface area (Å²) in [5, 5.41) is 0.492. The van der Waals surface area contributed by atoms with E-state index in [1.54, 1.807) is 37.7 Å². The number of fused-ring (bicyclic) bond motifs is 3. The van der Waals surface area contributed by atoms with E-state index < -0.39 is 0 Å². The van der Waals surface area contributed by atoms with Gasteiger partial charge in [-0.15, -0.1) is 0 Å². The highest BCUT2D eigenvalue weighted by molar-refractivity contribution is 7.23. The van der Waals surface area contributed by atoms with Crippen LogP contribution < -0.4 is 9.47 Å². The van der Waals surface area contributed by atoms with E-state index in [4.69, 9.17) is 26.1 Å². The fraction of sp³-hybridized carbons (Fsp3) is 0.241. The molecule has 2 aromatic heterocycles. The van der Waals surface area contributed by atoms with Gasteiger partial charge in [-0.05, 0) is 54.6 Å². The summed E-state index contributed by atoms with van der Waals surface area (Å²) in [6, 6.07) is 21.4. The maximum absolute atomic E-state index is 13.1. The highest BCUT2D eigenvalue weighted by atomic mass is 35.5. The van der Waals surface area contributed by atoms with E-state index in [0.717, 1.165) is 56.7 Å². The highest BCUT2D eigenvalue weighted by Crippen LogP contribution is 2.36. The van der Waals surface area contributed by atoms with Crippen LogP contribution in [-0.4, -0.2) is 65.5 Å². The number of halogens is 1. The van der Waals surface area contributed by atoms with Crippen molar-refractivity contribution in [3.63, 3.8) is 0 Å². The number of methoxy groups -OCH3 is 2. The van der Waals surface area contributed by atoms with Crippen molar-refractivity contribution in [3.8, 4) is 22.8 Å². The maximum atomic E-state index is 13.1. The van der Waals surface area contributed by atoms with E-state index in [0.29, 0.717) is 30.2 Å². The second-order valence-corrected chi connectivity index (χ2v) is 10.7. The van der Waals surface area contributed by atoms with Crippen LogP contribution in [0.1, 0.15) is 16.1 Å². The average Bonchev–Trinajstić information content (AvgIpc) is 3.49. The van der Waals surface area contributed by atoms with Crippen LogP contribution >= 0.6 is 22.9 Å². The van der Waals surface area contributed by atoms with Gasteiger partial charge in [0, 0.05) is 38.3 Å². The van der Waals surface area contributed by atoms with Crippen molar-refractivity contribution < 1.29 is 14.3 Å². The van der Waals surface area contributed by atoms with Gasteiger partial charge in [-0.3, -0.25) is 14.1 Å². The molecular formula is C29H27ClN4O3S. The van der Waals surface area contributed by atoms with Crippen molar-refractivity contribution in [1.29, 1.82) is 0 Å². The molecule has 3 heterocycles. The molecule has 0 unspecified atom stereocenters. The summed E-state index contributed by atoms with van der Waals surface area (Å²) in [5.41, 5.74) is 4.81. The van der Waals surface area contributed by atoms with E-state index in [-0.39, 0.29) is 5.91 Å². The van der Waals surface area contributed by atoms with Crippen molar-refractivity contribution >= 4 is 44.0 Å². The molecule has 1 aliphatic heterocycles. The molecule has 0 aliphatic carbocycles. The standard InChI is InChI=1S/C29H27ClN4O3S/c1-36-20-9-7-19(8-10-20)27-25(34-24-12-11-21(37-2)17-26(24)38-29(34)31-27)18-32-13-15-33(16-14-32)28(35)22-5-3-4-6-23(22)30/h3-12,17H,13-16,18H2,1-2H3. The minimum atomic E-state index is -0.0151. The Labute approximate surface area is 229 Å². The van der Waals surface area contributed by atoms with E-state index in [9.17, 15) is 4.79 Å². The molecule has 0 bridgehead atoms. The number of nitrogens with zero attached hydrogens (tertiary/aromatic N) is 4. The lowest BCUT2D eigenvalue weighted by molar-refractivity contribution is 0.0627. The summed E-state index contributed by atoms with van der Waals surface area (Å²) >= 11 is 7.94. The monoisotopic (exact) mass is 546 g/mol. The van der Waals surface area contributed by atoms with Gasteiger partial charge in [0.15, 0.2) is 4.96 Å². The molecule has 0 atom stereocenters. The largest absolute Gasteiger partial charge is 0.497 e. The third-order valence-corrected chi connectivity index (χ3v) is 8.38. The van der Waals surface area contributed by atoms with Crippen LogP contribution in [-0.2, 0) is 6.54 Å². The number of ether oxygens (including phenoxy) is 2. The number of aromatic nitrogens is 2. The van der Waals surface area contributed by atoms with Crippen molar-refractivity contribution in [1.82, 2.24) is 19.2 Å². The summed E-state index contributed by atoms with van der Waals surface area (Å²) in [6.45, 7) is 3.54. The summed E-state index contributed by atoms with van der Waals surface area (Å²) < 4.78 is 14.2. The lowest BCUT2D eigenvalue weighted by atomic mass is 10.1. The van der Waals surface area contributed by atoms with Crippen molar-refractivity contribution in [3.05, 3.63) is 83.0 Å². The third kappa shape index (κ3) is 4.49. The predicted octanol–water partition coefficient (Wildman–Crippen LogP) is 5.84. The van der Waals surface area contributed by atoms with Crippen LogP contribution in [0.2, 0.25) is 5.02 Å². The second-order valence-electron chi connectivity index (χ2n) is 9.24. The van der Waals surface area contributed by atoms with E-state index in [1.165, 1.54) is 0 Å². The van der Waals surface area contributed by atoms with Gasteiger partial charge in [-0.2, -0.15) is 0 Å². The molecule has 1 amide bonds. The smallest absolute Gasteiger partial charge is 0.255 e. The van der Waals surface area contributed by atoms with E-state index in [1.807, 2.05) is 35.2 Å². The average molecular weight is 547 g/mol. The second kappa shape index (κ2) is 10.3. The topological polar surface area (TPSA) is 59.3 Å². The molecule has 1 saturated heterocycles. The maximum Gasteiger partial charge on any atom is 0.255 e. The predicted molar refractivity (Wildman–Crippen MR) is 152 cm³/mol. The summed E-state index contributed by atoms with van der Waals surface area (Å²) in [5.74, 6) is 1.63. The van der Waals surface area contributed by atoms with E-state index >= 15 is 0 Å². The normalized spacial score (nSPS) is 14.3. The molecule has 38 heavy (non-hydrogen) atoms. The Bertz CT molecular complexity index is 1620. The Morgan fingerprint density at radius 2 is 1.66 bits per heavy atom. The quantitative estimate of drug-likeness (QED) is 0.267. The molecule has 1 aliphatic rings. The highest BCUT2D eigenvalue weighted by Gasteiger charge is 2.26. The molecular weight excluding hydrogens is 520 g/mol. The lowest BCUT2D eigenvalue weighted by Gasteiger charge is -2.35. The lowest BCUT2D eigenvalue weighted by Crippen LogP contribution is -2.48. The molecule has 9 heteroatoms. The number of amides is 1. The summed E-state index contributed by atoms with van der Waals surface area (Å²) in [4.78, 5) is 23.4. The zero-order chi connectivity index (χ0) is 26.2. The molecule has 0 spiro atoms. The fourth-order valence-electron chi connectivity index (χ4n) is 4.99. The van der Waals surface area contributed by atoms with Gasteiger partial charge < -0.3 is 14.4 Å².